The standard InChI is InChI=1S/C15H9F3N4OS3/c16-15(17,18)11-8-25-14(19-11)26-13-21-20-12(10-4-2-6-24-10)22(13)7-9-3-1-5-23-9/h1-6,8H,7H2. The van der Waals surface area contributed by atoms with Gasteiger partial charge in [0, 0.05) is 5.38 Å². The van der Waals surface area contributed by atoms with Crippen LogP contribution in [0.5, 0.6) is 0 Å². The molecule has 0 bridgehead atoms. The van der Waals surface area contributed by atoms with Crippen LogP contribution in [0.1, 0.15) is 11.5 Å². The van der Waals surface area contributed by atoms with Crippen LogP contribution < -0.4 is 0 Å². The molecule has 0 aliphatic carbocycles. The molecule has 4 aromatic rings. The van der Waals surface area contributed by atoms with E-state index in [0.29, 0.717) is 23.3 Å². The van der Waals surface area contributed by atoms with Gasteiger partial charge in [-0.25, -0.2) is 4.98 Å². The highest BCUT2D eigenvalue weighted by Gasteiger charge is 2.34. The Balaban J connectivity index is 1.68. The van der Waals surface area contributed by atoms with E-state index in [1.165, 1.54) is 11.3 Å². The maximum Gasteiger partial charge on any atom is 0.434 e. The van der Waals surface area contributed by atoms with E-state index >= 15 is 0 Å². The lowest BCUT2D eigenvalue weighted by Gasteiger charge is -2.06. The van der Waals surface area contributed by atoms with Crippen molar-refractivity contribution in [1.29, 1.82) is 0 Å². The number of nitrogens with zero attached hydrogens (tertiary/aromatic N) is 4. The SMILES string of the molecule is FC(F)(F)c1csc(Sc2nnc(-c3cccs3)n2Cc2ccco2)n1. The van der Waals surface area contributed by atoms with E-state index in [4.69, 9.17) is 4.42 Å². The molecule has 0 unspecified atom stereocenters. The zero-order chi connectivity index (χ0) is 18.1. The van der Waals surface area contributed by atoms with Crippen molar-refractivity contribution in [1.82, 2.24) is 19.7 Å². The normalized spacial score (nSPS) is 12.0. The number of aromatic nitrogens is 4. The van der Waals surface area contributed by atoms with Crippen LogP contribution in [0.2, 0.25) is 0 Å². The Bertz CT molecular complexity index is 990. The smallest absolute Gasteiger partial charge is 0.434 e. The summed E-state index contributed by atoms with van der Waals surface area (Å²) in [6, 6.07) is 7.40. The van der Waals surface area contributed by atoms with Crippen molar-refractivity contribution in [3.05, 3.63) is 52.7 Å². The fourth-order valence-corrected chi connectivity index (χ4v) is 4.64. The molecule has 0 saturated heterocycles. The summed E-state index contributed by atoms with van der Waals surface area (Å²) in [6.07, 6.45) is -2.90. The summed E-state index contributed by atoms with van der Waals surface area (Å²) in [5.41, 5.74) is -0.902. The molecule has 0 aliphatic rings. The third kappa shape index (κ3) is 3.55. The molecule has 0 radical (unpaired) electrons. The predicted octanol–water partition coefficient (Wildman–Crippen LogP) is 5.27. The number of hydrogen-bond acceptors (Lipinski definition) is 7. The third-order valence-corrected chi connectivity index (χ3v) is 6.09. The van der Waals surface area contributed by atoms with E-state index in [0.717, 1.165) is 33.4 Å². The Morgan fingerprint density at radius 3 is 2.69 bits per heavy atom. The first-order valence-electron chi connectivity index (χ1n) is 7.21. The largest absolute Gasteiger partial charge is 0.467 e. The Hall–Kier alpha value is -2.11. The highest BCUT2D eigenvalue weighted by Crippen LogP contribution is 2.37. The van der Waals surface area contributed by atoms with Crippen molar-refractivity contribution in [3.8, 4) is 10.7 Å². The summed E-state index contributed by atoms with van der Waals surface area (Å²) in [4.78, 5) is 4.55. The highest BCUT2D eigenvalue weighted by molar-refractivity contribution is 8.00. The zero-order valence-electron chi connectivity index (χ0n) is 12.8. The van der Waals surface area contributed by atoms with Crippen molar-refractivity contribution in [2.24, 2.45) is 0 Å². The molecule has 0 fully saturated rings. The molecule has 4 rings (SSSR count). The molecule has 5 nitrogen and oxygen atoms in total. The van der Waals surface area contributed by atoms with Crippen LogP contribution >= 0.6 is 34.4 Å². The summed E-state index contributed by atoms with van der Waals surface area (Å²) in [6.45, 7) is 0.368. The van der Waals surface area contributed by atoms with E-state index in [9.17, 15) is 13.2 Å². The number of thiazole rings is 1. The highest BCUT2D eigenvalue weighted by atomic mass is 32.2. The van der Waals surface area contributed by atoms with Gasteiger partial charge in [0.1, 0.15) is 5.76 Å². The minimum Gasteiger partial charge on any atom is -0.467 e. The van der Waals surface area contributed by atoms with Crippen molar-refractivity contribution in [2.45, 2.75) is 22.2 Å². The van der Waals surface area contributed by atoms with E-state index in [2.05, 4.69) is 15.2 Å². The third-order valence-electron chi connectivity index (χ3n) is 3.30. The van der Waals surface area contributed by atoms with Gasteiger partial charge in [-0.05, 0) is 35.3 Å². The average molecular weight is 414 g/mol. The maximum atomic E-state index is 12.8. The maximum absolute atomic E-state index is 12.8. The van der Waals surface area contributed by atoms with Gasteiger partial charge in [-0.1, -0.05) is 6.07 Å². The van der Waals surface area contributed by atoms with E-state index in [1.807, 2.05) is 28.1 Å². The summed E-state index contributed by atoms with van der Waals surface area (Å²) < 4.78 is 45.7. The summed E-state index contributed by atoms with van der Waals surface area (Å²) in [5, 5.41) is 11.7. The number of hydrogen-bond donors (Lipinski definition) is 0. The predicted molar refractivity (Wildman–Crippen MR) is 92.4 cm³/mol. The number of rotatable bonds is 5. The summed E-state index contributed by atoms with van der Waals surface area (Å²) >= 11 is 3.48. The van der Waals surface area contributed by atoms with Crippen molar-refractivity contribution < 1.29 is 17.6 Å². The topological polar surface area (TPSA) is 56.7 Å². The second kappa shape index (κ2) is 6.89. The molecule has 26 heavy (non-hydrogen) atoms. The lowest BCUT2D eigenvalue weighted by molar-refractivity contribution is -0.141. The van der Waals surface area contributed by atoms with Crippen LogP contribution in [0, 0.1) is 0 Å². The Morgan fingerprint density at radius 1 is 1.15 bits per heavy atom. The van der Waals surface area contributed by atoms with E-state index in [1.54, 1.807) is 12.3 Å². The number of alkyl halides is 3. The van der Waals surface area contributed by atoms with Crippen LogP contribution in [0.3, 0.4) is 0 Å². The van der Waals surface area contributed by atoms with Gasteiger partial charge in [-0.15, -0.1) is 32.9 Å². The Kier molecular flexibility index (Phi) is 4.59. The van der Waals surface area contributed by atoms with Crippen LogP contribution in [-0.2, 0) is 12.7 Å². The van der Waals surface area contributed by atoms with Crippen LogP contribution in [-0.4, -0.2) is 19.7 Å². The van der Waals surface area contributed by atoms with Crippen molar-refractivity contribution in [2.75, 3.05) is 0 Å². The summed E-state index contributed by atoms with van der Waals surface area (Å²) in [7, 11) is 0. The minimum atomic E-state index is -4.46. The number of thiophene rings is 1. The average Bonchev–Trinajstić information content (AvgIpc) is 3.35. The van der Waals surface area contributed by atoms with Gasteiger partial charge in [-0.3, -0.25) is 4.57 Å². The van der Waals surface area contributed by atoms with Gasteiger partial charge in [0.05, 0.1) is 17.7 Å². The number of furan rings is 1. The Labute approximate surface area is 157 Å². The molecule has 0 spiro atoms. The molecule has 0 atom stereocenters. The van der Waals surface area contributed by atoms with Gasteiger partial charge in [0.25, 0.3) is 0 Å². The van der Waals surface area contributed by atoms with Crippen molar-refractivity contribution in [3.63, 3.8) is 0 Å². The second-order valence-electron chi connectivity index (χ2n) is 5.05. The lowest BCUT2D eigenvalue weighted by Crippen LogP contribution is -2.05. The second-order valence-corrected chi connectivity index (χ2v) is 8.07. The zero-order valence-corrected chi connectivity index (χ0v) is 15.3. The van der Waals surface area contributed by atoms with Gasteiger partial charge < -0.3 is 4.42 Å². The quantitative estimate of drug-likeness (QED) is 0.445. The van der Waals surface area contributed by atoms with Gasteiger partial charge >= 0.3 is 6.18 Å². The molecule has 11 heteroatoms. The molecule has 0 saturated carbocycles. The molecule has 134 valence electrons. The fraction of sp³-hybridized carbons (Fsp3) is 0.133. The molecule has 0 aliphatic heterocycles. The molecule has 0 N–H and O–H groups in total. The molecule has 4 aromatic heterocycles. The van der Waals surface area contributed by atoms with Gasteiger partial charge in [0.2, 0.25) is 0 Å². The minimum absolute atomic E-state index is 0.253. The Morgan fingerprint density at radius 2 is 2.04 bits per heavy atom. The first kappa shape index (κ1) is 17.3. The molecule has 0 aromatic carbocycles. The molecular formula is C15H9F3N4OS3. The molecule has 4 heterocycles. The monoisotopic (exact) mass is 414 g/mol. The van der Waals surface area contributed by atoms with E-state index in [-0.39, 0.29) is 4.34 Å². The number of halogens is 3. The van der Waals surface area contributed by atoms with Crippen LogP contribution in [0.4, 0.5) is 13.2 Å². The molecular weight excluding hydrogens is 405 g/mol. The first-order chi connectivity index (χ1) is 12.5. The molecule has 0 amide bonds. The fourth-order valence-electron chi connectivity index (χ4n) is 2.17. The van der Waals surface area contributed by atoms with Gasteiger partial charge in [-0.2, -0.15) is 13.2 Å². The summed E-state index contributed by atoms with van der Waals surface area (Å²) in [5.74, 6) is 1.33. The van der Waals surface area contributed by atoms with Crippen LogP contribution in [0.25, 0.3) is 10.7 Å². The lowest BCUT2D eigenvalue weighted by atomic mass is 10.4. The first-order valence-corrected chi connectivity index (χ1v) is 9.78. The van der Waals surface area contributed by atoms with Crippen molar-refractivity contribution >= 4 is 34.4 Å². The van der Waals surface area contributed by atoms with Crippen LogP contribution in [0.15, 0.2) is 55.2 Å². The van der Waals surface area contributed by atoms with E-state index < -0.39 is 11.9 Å². The van der Waals surface area contributed by atoms with Gasteiger partial charge in [0.15, 0.2) is 21.0 Å².